The molecule has 0 radical (unpaired) electrons. The number of thiophene rings is 1. The number of aryl methyl sites for hydroxylation is 2. The number of benzene rings is 2. The molecule has 2 aliphatic rings. The molecule has 0 bridgehead atoms. The summed E-state index contributed by atoms with van der Waals surface area (Å²) in [6.07, 6.45) is 7.92. The zero-order valence-electron chi connectivity index (χ0n) is 25.1. The lowest BCUT2D eigenvalue weighted by Crippen LogP contribution is -2.42. The van der Waals surface area contributed by atoms with E-state index in [-0.39, 0.29) is 29.1 Å². The van der Waals surface area contributed by atoms with E-state index in [2.05, 4.69) is 6.58 Å². The highest BCUT2D eigenvalue weighted by atomic mass is 35.5. The molecule has 3 heterocycles. The number of amides is 2. The molecule has 3 atom stereocenters. The minimum atomic E-state index is -1.06. The van der Waals surface area contributed by atoms with Crippen LogP contribution < -0.4 is 14.4 Å². The number of allylic oxidation sites excluding steroid dienone is 4. The summed E-state index contributed by atoms with van der Waals surface area (Å²) in [5, 5.41) is 16.8. The summed E-state index contributed by atoms with van der Waals surface area (Å²) in [5.41, 5.74) is 2.24. The van der Waals surface area contributed by atoms with E-state index in [1.54, 1.807) is 41.3 Å². The van der Waals surface area contributed by atoms with E-state index in [9.17, 15) is 14.7 Å². The van der Waals surface area contributed by atoms with Gasteiger partial charge in [-0.1, -0.05) is 42.5 Å². The van der Waals surface area contributed by atoms with Gasteiger partial charge in [-0.05, 0) is 72.7 Å². The molecule has 4 aromatic rings. The van der Waals surface area contributed by atoms with Gasteiger partial charge in [0.2, 0.25) is 17.6 Å². The van der Waals surface area contributed by atoms with Gasteiger partial charge in [0, 0.05) is 28.8 Å². The van der Waals surface area contributed by atoms with Gasteiger partial charge in [0.25, 0.3) is 0 Å². The lowest BCUT2D eigenvalue weighted by molar-refractivity contribution is -0.128. The van der Waals surface area contributed by atoms with Crippen molar-refractivity contribution in [1.82, 2.24) is 9.78 Å². The number of phenolic OH excluding ortho intramolecular Hbond substituents is 1. The number of phenols is 1. The van der Waals surface area contributed by atoms with Gasteiger partial charge in [-0.25, -0.2) is 4.90 Å². The maximum atomic E-state index is 14.4. The molecule has 1 aliphatic carbocycles. The van der Waals surface area contributed by atoms with Crippen LogP contribution in [0.3, 0.4) is 0 Å². The number of nitrogens with zero attached hydrogens (tertiary/aromatic N) is 3. The Morgan fingerprint density at radius 1 is 1.16 bits per heavy atom. The average Bonchev–Trinajstić information content (AvgIpc) is 3.61. The van der Waals surface area contributed by atoms with E-state index in [0.717, 1.165) is 26.1 Å². The molecule has 226 valence electrons. The quantitative estimate of drug-likeness (QED) is 0.215. The zero-order chi connectivity index (χ0) is 31.5. The van der Waals surface area contributed by atoms with Crippen LogP contribution in [-0.4, -0.2) is 40.9 Å². The summed E-state index contributed by atoms with van der Waals surface area (Å²) >= 11 is 7.86. The fraction of sp³-hybridized carbons (Fsp3) is 0.265. The fourth-order valence-corrected chi connectivity index (χ4v) is 7.81. The van der Waals surface area contributed by atoms with Crippen LogP contribution in [0.2, 0.25) is 5.02 Å². The van der Waals surface area contributed by atoms with Crippen molar-refractivity contribution in [3.63, 3.8) is 0 Å². The first-order valence-electron chi connectivity index (χ1n) is 14.1. The van der Waals surface area contributed by atoms with Gasteiger partial charge in [-0.15, -0.1) is 11.3 Å². The Labute approximate surface area is 264 Å². The van der Waals surface area contributed by atoms with Crippen molar-refractivity contribution >= 4 is 56.7 Å². The number of imide groups is 1. The third kappa shape index (κ3) is 4.45. The molecule has 1 aliphatic heterocycles. The molecule has 1 N–H and O–H groups in total. The summed E-state index contributed by atoms with van der Waals surface area (Å²) in [7, 11) is 4.68. The van der Waals surface area contributed by atoms with Crippen molar-refractivity contribution in [3.8, 4) is 27.8 Å². The molecular formula is C34H32ClN3O5S. The molecule has 2 aromatic carbocycles. The van der Waals surface area contributed by atoms with E-state index in [1.807, 2.05) is 56.3 Å². The number of halogens is 1. The molecule has 10 heteroatoms. The second kappa shape index (κ2) is 11.0. The zero-order valence-corrected chi connectivity index (χ0v) is 26.6. The summed E-state index contributed by atoms with van der Waals surface area (Å²) in [6, 6.07) is 11.0. The van der Waals surface area contributed by atoms with Crippen molar-refractivity contribution in [2.45, 2.75) is 20.3 Å². The first kappa shape index (κ1) is 29.7. The Morgan fingerprint density at radius 3 is 2.52 bits per heavy atom. The van der Waals surface area contributed by atoms with E-state index >= 15 is 0 Å². The van der Waals surface area contributed by atoms with Crippen LogP contribution >= 0.6 is 22.9 Å². The van der Waals surface area contributed by atoms with Crippen molar-refractivity contribution in [2.75, 3.05) is 19.1 Å². The number of hydrogen-bond donors (Lipinski definition) is 1. The Bertz CT molecular complexity index is 1900. The molecule has 8 nitrogen and oxygen atoms in total. The van der Waals surface area contributed by atoms with Crippen molar-refractivity contribution in [3.05, 3.63) is 82.9 Å². The number of anilines is 1. The number of aromatic hydroxyl groups is 1. The molecule has 44 heavy (non-hydrogen) atoms. The van der Waals surface area contributed by atoms with Crippen LogP contribution in [0, 0.1) is 24.2 Å². The maximum Gasteiger partial charge on any atom is 0.242 e. The summed E-state index contributed by atoms with van der Waals surface area (Å²) in [5.74, 6) is -0.686. The normalized spacial score (nSPS) is 21.7. The lowest BCUT2D eigenvalue weighted by Gasteiger charge is -2.38. The first-order chi connectivity index (χ1) is 21.0. The average molecular weight is 630 g/mol. The predicted molar refractivity (Wildman–Crippen MR) is 174 cm³/mol. The number of carbonyl (C=O) groups is 2. The summed E-state index contributed by atoms with van der Waals surface area (Å²) in [6.45, 7) is 7.89. The highest BCUT2D eigenvalue weighted by molar-refractivity contribution is 7.22. The molecule has 3 unspecified atom stereocenters. The summed E-state index contributed by atoms with van der Waals surface area (Å²) < 4.78 is 13.3. The van der Waals surface area contributed by atoms with Gasteiger partial charge in [-0.3, -0.25) is 14.3 Å². The Morgan fingerprint density at radius 2 is 1.86 bits per heavy atom. The van der Waals surface area contributed by atoms with E-state index in [0.29, 0.717) is 28.5 Å². The van der Waals surface area contributed by atoms with Gasteiger partial charge in [0.1, 0.15) is 11.5 Å². The topological polar surface area (TPSA) is 93.9 Å². The molecule has 2 aromatic heterocycles. The monoisotopic (exact) mass is 629 g/mol. The predicted octanol–water partition coefficient (Wildman–Crippen LogP) is 7.33. The Balaban J connectivity index is 1.39. The number of ether oxygens (including phenoxy) is 2. The fourth-order valence-electron chi connectivity index (χ4n) is 6.50. The molecule has 1 saturated heterocycles. The maximum absolute atomic E-state index is 14.4. The van der Waals surface area contributed by atoms with Gasteiger partial charge >= 0.3 is 0 Å². The standard InChI is InChI=1S/C34H32ClN3O5S/c1-7-20-9-12-24-32(40)38(29-17-25(36-37(29)4)31-18(2)22-16-21(35)10-13-28(22)44-31)33(41)34(24,3)23(20)11-8-19-14-26(42-5)30(39)27(15-19)43-6/h7-11,13-17,23-24,39H,1,12H2,2-6H3. The number of aromatic nitrogens is 2. The molecule has 6 rings (SSSR count). The number of methoxy groups -OCH3 is 2. The van der Waals surface area contributed by atoms with Crippen LogP contribution in [-0.2, 0) is 16.6 Å². The van der Waals surface area contributed by atoms with Gasteiger partial charge < -0.3 is 14.6 Å². The second-order valence-corrected chi connectivity index (χ2v) is 12.8. The number of fused-ring (bicyclic) bond motifs is 2. The van der Waals surface area contributed by atoms with Crippen LogP contribution in [0.1, 0.15) is 24.5 Å². The smallest absolute Gasteiger partial charge is 0.242 e. The van der Waals surface area contributed by atoms with Crippen LogP contribution in [0.4, 0.5) is 5.82 Å². The summed E-state index contributed by atoms with van der Waals surface area (Å²) in [4.78, 5) is 30.7. The number of carbonyl (C=O) groups excluding carboxylic acids is 2. The van der Waals surface area contributed by atoms with Crippen LogP contribution in [0.15, 0.2) is 66.8 Å². The molecule has 1 fully saturated rings. The van der Waals surface area contributed by atoms with Crippen molar-refractivity contribution in [2.24, 2.45) is 24.3 Å². The largest absolute Gasteiger partial charge is 0.502 e. The minimum absolute atomic E-state index is 0.0964. The van der Waals surface area contributed by atoms with E-state index in [1.165, 1.54) is 19.1 Å². The SMILES string of the molecule is C=CC1=CCC2C(=O)N(c3cc(-c4sc5ccc(Cl)cc5c4C)nn3C)C(=O)C2(C)C1C=Cc1cc(OC)c(O)c(OC)c1. The van der Waals surface area contributed by atoms with Gasteiger partial charge in [0.15, 0.2) is 11.5 Å². The van der Waals surface area contributed by atoms with Crippen LogP contribution in [0.5, 0.6) is 17.2 Å². The molecule has 2 amide bonds. The lowest BCUT2D eigenvalue weighted by atomic mass is 9.62. The van der Waals surface area contributed by atoms with Crippen LogP contribution in [0.25, 0.3) is 26.7 Å². The first-order valence-corrected chi connectivity index (χ1v) is 15.3. The molecular weight excluding hydrogens is 598 g/mol. The number of hydrogen-bond acceptors (Lipinski definition) is 7. The van der Waals surface area contributed by atoms with Crippen molar-refractivity contribution in [1.29, 1.82) is 0 Å². The van der Waals surface area contributed by atoms with Crippen molar-refractivity contribution < 1.29 is 24.2 Å². The molecule has 0 spiro atoms. The third-order valence-electron chi connectivity index (χ3n) is 8.93. The van der Waals surface area contributed by atoms with E-state index in [4.69, 9.17) is 26.2 Å². The number of rotatable bonds is 7. The highest BCUT2D eigenvalue weighted by Gasteiger charge is 2.61. The second-order valence-electron chi connectivity index (χ2n) is 11.3. The van der Waals surface area contributed by atoms with Gasteiger partial charge in [-0.2, -0.15) is 5.10 Å². The molecule has 0 saturated carbocycles. The highest BCUT2D eigenvalue weighted by Crippen LogP contribution is 2.54. The van der Waals surface area contributed by atoms with Gasteiger partial charge in [0.05, 0.1) is 30.4 Å². The van der Waals surface area contributed by atoms with E-state index < -0.39 is 17.3 Å². The minimum Gasteiger partial charge on any atom is -0.502 e. The Hall–Kier alpha value is -4.34. The Kier molecular flexibility index (Phi) is 7.42. The third-order valence-corrected chi connectivity index (χ3v) is 10.5.